The van der Waals surface area contributed by atoms with Crippen LogP contribution in [0.15, 0.2) is 16.5 Å². The summed E-state index contributed by atoms with van der Waals surface area (Å²) in [7, 11) is 0. The largest absolute Gasteiger partial charge is 0.475 e. The van der Waals surface area contributed by atoms with Gasteiger partial charge in [0.25, 0.3) is 0 Å². The highest BCUT2D eigenvalue weighted by Crippen LogP contribution is 2.18. The quantitative estimate of drug-likeness (QED) is 0.713. The van der Waals surface area contributed by atoms with Gasteiger partial charge < -0.3 is 25.3 Å². The number of carbonyl (C=O) groups is 2. The van der Waals surface area contributed by atoms with Crippen LogP contribution in [0.3, 0.4) is 0 Å². The Morgan fingerprint density at radius 1 is 1.37 bits per heavy atom. The molecule has 1 aromatic heterocycles. The van der Waals surface area contributed by atoms with E-state index in [2.05, 4.69) is 5.32 Å². The molecule has 0 saturated carbocycles. The number of hydrogen-bond acceptors (Lipinski definition) is 5. The lowest BCUT2D eigenvalue weighted by Gasteiger charge is -2.31. The molecule has 0 radical (unpaired) electrons. The highest BCUT2D eigenvalue weighted by molar-refractivity contribution is 5.86. The van der Waals surface area contributed by atoms with Crippen LogP contribution >= 0.6 is 0 Å². The van der Waals surface area contributed by atoms with Crippen molar-refractivity contribution in [2.45, 2.75) is 24.9 Å². The summed E-state index contributed by atoms with van der Waals surface area (Å²) in [6, 6.07) is 2.85. The average molecular weight is 268 g/mol. The topological polar surface area (TPSA) is 115 Å². The van der Waals surface area contributed by atoms with Crippen molar-refractivity contribution in [2.24, 2.45) is 5.73 Å². The molecule has 1 aromatic rings. The van der Waals surface area contributed by atoms with Crippen molar-refractivity contribution in [1.29, 1.82) is 0 Å². The highest BCUT2D eigenvalue weighted by Gasteiger charge is 2.35. The molecule has 0 aliphatic carbocycles. The van der Waals surface area contributed by atoms with E-state index in [1.54, 1.807) is 0 Å². The van der Waals surface area contributed by atoms with Crippen molar-refractivity contribution >= 4 is 11.9 Å². The van der Waals surface area contributed by atoms with Crippen LogP contribution in [0.25, 0.3) is 0 Å². The minimum Gasteiger partial charge on any atom is -0.475 e. The van der Waals surface area contributed by atoms with E-state index in [9.17, 15) is 9.59 Å². The van der Waals surface area contributed by atoms with E-state index >= 15 is 0 Å². The lowest BCUT2D eigenvalue weighted by molar-refractivity contribution is -0.130. The van der Waals surface area contributed by atoms with Crippen LogP contribution in [-0.4, -0.2) is 35.7 Å². The molecular weight excluding hydrogens is 252 g/mol. The number of amides is 1. The monoisotopic (exact) mass is 268 g/mol. The van der Waals surface area contributed by atoms with Crippen LogP contribution in [0, 0.1) is 0 Å². The maximum absolute atomic E-state index is 12.0. The van der Waals surface area contributed by atoms with Crippen LogP contribution in [-0.2, 0) is 16.1 Å². The second-order valence-electron chi connectivity index (χ2n) is 4.52. The van der Waals surface area contributed by atoms with Crippen LogP contribution < -0.4 is 11.1 Å². The SMILES string of the molecule is NC1(C(=O)NCc2ccc(C(=O)O)o2)CCOCC1. The summed E-state index contributed by atoms with van der Waals surface area (Å²) in [6.45, 7) is 1.05. The fourth-order valence-corrected chi connectivity index (χ4v) is 1.89. The van der Waals surface area contributed by atoms with E-state index in [1.807, 2.05) is 0 Å². The van der Waals surface area contributed by atoms with Gasteiger partial charge in [-0.1, -0.05) is 0 Å². The molecule has 0 spiro atoms. The molecule has 0 aromatic carbocycles. The first-order valence-corrected chi connectivity index (χ1v) is 5.98. The predicted molar refractivity (Wildman–Crippen MR) is 64.5 cm³/mol. The van der Waals surface area contributed by atoms with Gasteiger partial charge in [-0.25, -0.2) is 4.79 Å². The minimum absolute atomic E-state index is 0.117. The molecule has 0 bridgehead atoms. The summed E-state index contributed by atoms with van der Waals surface area (Å²) in [6.07, 6.45) is 0.939. The lowest BCUT2D eigenvalue weighted by Crippen LogP contribution is -2.56. The molecule has 1 saturated heterocycles. The van der Waals surface area contributed by atoms with Gasteiger partial charge in [0.15, 0.2) is 0 Å². The number of hydrogen-bond donors (Lipinski definition) is 3. The number of rotatable bonds is 4. The van der Waals surface area contributed by atoms with Gasteiger partial charge in [-0.15, -0.1) is 0 Å². The Morgan fingerprint density at radius 2 is 2.05 bits per heavy atom. The fraction of sp³-hybridized carbons (Fsp3) is 0.500. The molecule has 104 valence electrons. The van der Waals surface area contributed by atoms with Gasteiger partial charge in [0.05, 0.1) is 12.1 Å². The summed E-state index contributed by atoms with van der Waals surface area (Å²) in [5.74, 6) is -1.19. The molecule has 19 heavy (non-hydrogen) atoms. The Balaban J connectivity index is 1.90. The van der Waals surface area contributed by atoms with Gasteiger partial charge in [0, 0.05) is 13.2 Å². The Labute approximate surface area is 109 Å². The lowest BCUT2D eigenvalue weighted by atomic mass is 9.90. The van der Waals surface area contributed by atoms with E-state index in [-0.39, 0.29) is 18.2 Å². The first-order valence-electron chi connectivity index (χ1n) is 5.98. The van der Waals surface area contributed by atoms with E-state index in [4.69, 9.17) is 20.0 Å². The first-order chi connectivity index (χ1) is 9.01. The van der Waals surface area contributed by atoms with Gasteiger partial charge in [0.2, 0.25) is 11.7 Å². The van der Waals surface area contributed by atoms with Crippen molar-refractivity contribution in [2.75, 3.05) is 13.2 Å². The summed E-state index contributed by atoms with van der Waals surface area (Å²) < 4.78 is 10.2. The van der Waals surface area contributed by atoms with Crippen molar-refractivity contribution < 1.29 is 23.8 Å². The van der Waals surface area contributed by atoms with Crippen LogP contribution in [0.2, 0.25) is 0 Å². The number of carboxylic acids is 1. The zero-order valence-corrected chi connectivity index (χ0v) is 10.3. The zero-order valence-electron chi connectivity index (χ0n) is 10.3. The number of carboxylic acid groups (broad SMARTS) is 1. The van der Waals surface area contributed by atoms with Crippen molar-refractivity contribution in [3.05, 3.63) is 23.7 Å². The number of furan rings is 1. The molecule has 1 aliphatic heterocycles. The molecular formula is C12H16N2O5. The third-order valence-electron chi connectivity index (χ3n) is 3.13. The maximum atomic E-state index is 12.0. The third-order valence-corrected chi connectivity index (χ3v) is 3.13. The van der Waals surface area contributed by atoms with E-state index in [1.165, 1.54) is 12.1 Å². The van der Waals surface area contributed by atoms with E-state index in [0.29, 0.717) is 31.8 Å². The molecule has 1 aliphatic rings. The molecule has 0 unspecified atom stereocenters. The second-order valence-corrected chi connectivity index (χ2v) is 4.52. The van der Waals surface area contributed by atoms with Gasteiger partial charge in [-0.3, -0.25) is 4.79 Å². The van der Waals surface area contributed by atoms with Crippen LogP contribution in [0.1, 0.15) is 29.2 Å². The van der Waals surface area contributed by atoms with Crippen LogP contribution in [0.4, 0.5) is 0 Å². The number of nitrogens with two attached hydrogens (primary N) is 1. The Kier molecular flexibility index (Phi) is 3.87. The first kappa shape index (κ1) is 13.6. The Morgan fingerprint density at radius 3 is 2.63 bits per heavy atom. The molecule has 4 N–H and O–H groups in total. The van der Waals surface area contributed by atoms with Gasteiger partial charge >= 0.3 is 5.97 Å². The molecule has 1 fully saturated rings. The van der Waals surface area contributed by atoms with E-state index < -0.39 is 11.5 Å². The Hall–Kier alpha value is -1.86. The third kappa shape index (κ3) is 3.12. The summed E-state index contributed by atoms with van der Waals surface area (Å²) in [5, 5.41) is 11.4. The van der Waals surface area contributed by atoms with Gasteiger partial charge in [-0.05, 0) is 25.0 Å². The van der Waals surface area contributed by atoms with Crippen LogP contribution in [0.5, 0.6) is 0 Å². The average Bonchev–Trinajstić information content (AvgIpc) is 2.85. The summed E-state index contributed by atoms with van der Waals surface area (Å²) in [5.41, 5.74) is 5.09. The summed E-state index contributed by atoms with van der Waals surface area (Å²) >= 11 is 0. The smallest absolute Gasteiger partial charge is 0.371 e. The molecule has 2 rings (SSSR count). The molecule has 1 amide bonds. The number of nitrogens with one attached hydrogen (secondary N) is 1. The van der Waals surface area contributed by atoms with Crippen molar-refractivity contribution in [1.82, 2.24) is 5.32 Å². The standard InChI is InChI=1S/C12H16N2O5/c13-12(3-5-18-6-4-12)11(17)14-7-8-1-2-9(19-8)10(15)16/h1-2H,3-7,13H2,(H,14,17)(H,15,16). The van der Waals surface area contributed by atoms with Crippen molar-refractivity contribution in [3.8, 4) is 0 Å². The van der Waals surface area contributed by atoms with Gasteiger partial charge in [-0.2, -0.15) is 0 Å². The molecule has 7 nitrogen and oxygen atoms in total. The number of ether oxygens (including phenoxy) is 1. The fourth-order valence-electron chi connectivity index (χ4n) is 1.89. The predicted octanol–water partition coefficient (Wildman–Crippen LogP) is 0.102. The zero-order chi connectivity index (χ0) is 13.9. The molecule has 7 heteroatoms. The van der Waals surface area contributed by atoms with Gasteiger partial charge in [0.1, 0.15) is 5.76 Å². The molecule has 0 atom stereocenters. The normalized spacial score (nSPS) is 17.9. The maximum Gasteiger partial charge on any atom is 0.371 e. The summed E-state index contributed by atoms with van der Waals surface area (Å²) in [4.78, 5) is 22.6. The number of aromatic carboxylic acids is 1. The Bertz CT molecular complexity index is 476. The number of carbonyl (C=O) groups excluding carboxylic acids is 1. The molecule has 2 heterocycles. The highest BCUT2D eigenvalue weighted by atomic mass is 16.5. The van der Waals surface area contributed by atoms with Crippen molar-refractivity contribution in [3.63, 3.8) is 0 Å². The van der Waals surface area contributed by atoms with E-state index in [0.717, 1.165) is 0 Å². The second kappa shape index (κ2) is 5.41. The minimum atomic E-state index is -1.14.